The Labute approximate surface area is 88.3 Å². The molecule has 0 aromatic heterocycles. The molecule has 3 heteroatoms. The van der Waals surface area contributed by atoms with Crippen molar-refractivity contribution in [3.63, 3.8) is 0 Å². The first-order valence-electron chi connectivity index (χ1n) is 4.67. The van der Waals surface area contributed by atoms with E-state index in [4.69, 9.17) is 5.26 Å². The van der Waals surface area contributed by atoms with Crippen LogP contribution in [0.1, 0.15) is 45.7 Å². The molecule has 15 heavy (non-hydrogen) atoms. The Morgan fingerprint density at radius 1 is 1.53 bits per heavy atom. The van der Waals surface area contributed by atoms with Gasteiger partial charge in [-0.3, -0.25) is 9.59 Å². The highest BCUT2D eigenvalue weighted by atomic mass is 16.1. The summed E-state index contributed by atoms with van der Waals surface area (Å²) in [7, 11) is 0. The maximum atomic E-state index is 11.3. The number of aldehydes is 1. The fourth-order valence-corrected chi connectivity index (χ4v) is 1.56. The quantitative estimate of drug-likeness (QED) is 0.556. The zero-order valence-corrected chi connectivity index (χ0v) is 8.70. The molecular weight excluding hydrogens is 190 g/mol. The summed E-state index contributed by atoms with van der Waals surface area (Å²) >= 11 is 0. The van der Waals surface area contributed by atoms with E-state index in [2.05, 4.69) is 0 Å². The molecule has 0 aliphatic carbocycles. The van der Waals surface area contributed by atoms with Crippen molar-refractivity contribution in [2.75, 3.05) is 0 Å². The Kier molecular flexibility index (Phi) is 3.35. The van der Waals surface area contributed by atoms with Gasteiger partial charge in [-0.25, -0.2) is 0 Å². The molecule has 1 aromatic carbocycles. The van der Waals surface area contributed by atoms with Gasteiger partial charge in [-0.2, -0.15) is 5.26 Å². The molecule has 76 valence electrons. The van der Waals surface area contributed by atoms with E-state index >= 15 is 0 Å². The number of hydrogen-bond donors (Lipinski definition) is 0. The Morgan fingerprint density at radius 3 is 2.60 bits per heavy atom. The van der Waals surface area contributed by atoms with Gasteiger partial charge in [-0.15, -0.1) is 0 Å². The second-order valence-electron chi connectivity index (χ2n) is 3.23. The molecule has 3 nitrogen and oxygen atoms in total. The molecule has 0 spiro atoms. The van der Waals surface area contributed by atoms with E-state index in [-0.39, 0.29) is 5.78 Å². The zero-order chi connectivity index (χ0) is 11.4. The minimum atomic E-state index is -0.118. The first-order valence-corrected chi connectivity index (χ1v) is 4.67. The van der Waals surface area contributed by atoms with Crippen LogP contribution in [0.5, 0.6) is 0 Å². The van der Waals surface area contributed by atoms with Crippen LogP contribution >= 0.6 is 0 Å². The summed E-state index contributed by atoms with van der Waals surface area (Å²) in [4.78, 5) is 22.0. The standard InChI is InChI=1S/C12H11NO2/c1-3-11-10(6-13)4-9(7-14)5-12(11)8(2)15/h4-5,7H,3H2,1-2H3. The number of hydrogen-bond acceptors (Lipinski definition) is 3. The topological polar surface area (TPSA) is 57.9 Å². The number of nitrogens with zero attached hydrogens (tertiary/aromatic N) is 1. The van der Waals surface area contributed by atoms with Crippen molar-refractivity contribution in [1.82, 2.24) is 0 Å². The molecule has 1 aromatic rings. The van der Waals surface area contributed by atoms with Gasteiger partial charge in [0.15, 0.2) is 5.78 Å². The van der Waals surface area contributed by atoms with Gasteiger partial charge in [-0.1, -0.05) is 6.92 Å². The van der Waals surface area contributed by atoms with E-state index in [1.807, 2.05) is 13.0 Å². The van der Waals surface area contributed by atoms with E-state index in [1.165, 1.54) is 19.1 Å². The lowest BCUT2D eigenvalue weighted by Gasteiger charge is -2.07. The van der Waals surface area contributed by atoms with E-state index in [9.17, 15) is 9.59 Å². The number of rotatable bonds is 3. The summed E-state index contributed by atoms with van der Waals surface area (Å²) in [5.74, 6) is -0.118. The maximum absolute atomic E-state index is 11.3. The lowest BCUT2D eigenvalue weighted by Crippen LogP contribution is -2.03. The highest BCUT2D eigenvalue weighted by Gasteiger charge is 2.12. The van der Waals surface area contributed by atoms with Crippen molar-refractivity contribution >= 4 is 12.1 Å². The van der Waals surface area contributed by atoms with Crippen molar-refractivity contribution in [2.45, 2.75) is 20.3 Å². The Hall–Kier alpha value is -1.95. The van der Waals surface area contributed by atoms with Crippen molar-refractivity contribution in [2.24, 2.45) is 0 Å². The van der Waals surface area contributed by atoms with Crippen LogP contribution in [0.2, 0.25) is 0 Å². The summed E-state index contributed by atoms with van der Waals surface area (Å²) < 4.78 is 0. The highest BCUT2D eigenvalue weighted by molar-refractivity contribution is 5.97. The number of ketones is 1. The molecule has 0 bridgehead atoms. The third kappa shape index (κ3) is 2.10. The van der Waals surface area contributed by atoms with Crippen LogP contribution in [0.25, 0.3) is 0 Å². The Morgan fingerprint density at radius 2 is 2.20 bits per heavy atom. The SMILES string of the molecule is CCc1c(C#N)cc(C=O)cc1C(C)=O. The fourth-order valence-electron chi connectivity index (χ4n) is 1.56. The van der Waals surface area contributed by atoms with Crippen LogP contribution in [-0.4, -0.2) is 12.1 Å². The van der Waals surface area contributed by atoms with Crippen LogP contribution in [0, 0.1) is 11.3 Å². The van der Waals surface area contributed by atoms with Gasteiger partial charge < -0.3 is 0 Å². The van der Waals surface area contributed by atoms with E-state index in [1.54, 1.807) is 0 Å². The second-order valence-corrected chi connectivity index (χ2v) is 3.23. The van der Waals surface area contributed by atoms with E-state index < -0.39 is 0 Å². The molecule has 0 saturated carbocycles. The normalized spacial score (nSPS) is 9.40. The molecular formula is C12H11NO2. The van der Waals surface area contributed by atoms with Crippen LogP contribution in [0.15, 0.2) is 12.1 Å². The van der Waals surface area contributed by atoms with Gasteiger partial charge in [0.25, 0.3) is 0 Å². The monoisotopic (exact) mass is 201 g/mol. The first-order chi connectivity index (χ1) is 7.13. The number of Topliss-reactive ketones (excluding diaryl/α,β-unsaturated/α-hetero) is 1. The van der Waals surface area contributed by atoms with Gasteiger partial charge in [0.2, 0.25) is 0 Å². The van der Waals surface area contributed by atoms with Crippen LogP contribution < -0.4 is 0 Å². The average Bonchev–Trinajstić information content (AvgIpc) is 2.26. The summed E-state index contributed by atoms with van der Waals surface area (Å²) in [6.45, 7) is 3.31. The van der Waals surface area contributed by atoms with Gasteiger partial charge in [0, 0.05) is 11.1 Å². The number of carbonyl (C=O) groups is 2. The summed E-state index contributed by atoms with van der Waals surface area (Å²) in [6, 6.07) is 5.05. The number of nitriles is 1. The minimum Gasteiger partial charge on any atom is -0.298 e. The summed E-state index contributed by atoms with van der Waals surface area (Å²) in [6.07, 6.45) is 1.25. The minimum absolute atomic E-state index is 0.118. The molecule has 0 aliphatic heterocycles. The van der Waals surface area contributed by atoms with Gasteiger partial charge in [-0.05, 0) is 31.0 Å². The molecule has 0 heterocycles. The van der Waals surface area contributed by atoms with Crippen molar-refractivity contribution in [3.05, 3.63) is 34.4 Å². The first kappa shape index (κ1) is 11.1. The molecule has 0 fully saturated rings. The van der Waals surface area contributed by atoms with Crippen LogP contribution in [0.4, 0.5) is 0 Å². The predicted molar refractivity (Wildman–Crippen MR) is 55.9 cm³/mol. The molecule has 0 unspecified atom stereocenters. The summed E-state index contributed by atoms with van der Waals surface area (Å²) in [5, 5.41) is 8.90. The lowest BCUT2D eigenvalue weighted by molar-refractivity contribution is 0.101. The molecule has 0 radical (unpaired) electrons. The average molecular weight is 201 g/mol. The van der Waals surface area contributed by atoms with Crippen LogP contribution in [-0.2, 0) is 6.42 Å². The lowest BCUT2D eigenvalue weighted by atomic mass is 9.94. The van der Waals surface area contributed by atoms with Gasteiger partial charge in [0.05, 0.1) is 11.6 Å². The highest BCUT2D eigenvalue weighted by Crippen LogP contribution is 2.18. The maximum Gasteiger partial charge on any atom is 0.160 e. The molecule has 0 saturated heterocycles. The number of carbonyl (C=O) groups excluding carboxylic acids is 2. The fraction of sp³-hybridized carbons (Fsp3) is 0.250. The van der Waals surface area contributed by atoms with E-state index in [0.717, 1.165) is 5.56 Å². The van der Waals surface area contributed by atoms with Crippen molar-refractivity contribution < 1.29 is 9.59 Å². The zero-order valence-electron chi connectivity index (χ0n) is 8.70. The predicted octanol–water partition coefficient (Wildman–Crippen LogP) is 2.14. The van der Waals surface area contributed by atoms with Crippen molar-refractivity contribution in [3.8, 4) is 6.07 Å². The van der Waals surface area contributed by atoms with Gasteiger partial charge >= 0.3 is 0 Å². The van der Waals surface area contributed by atoms with E-state index in [0.29, 0.717) is 29.4 Å². The summed E-state index contributed by atoms with van der Waals surface area (Å²) in [5.41, 5.74) is 1.97. The second kappa shape index (κ2) is 4.52. The third-order valence-corrected chi connectivity index (χ3v) is 2.26. The molecule has 0 aliphatic rings. The molecule has 0 amide bonds. The van der Waals surface area contributed by atoms with Gasteiger partial charge in [0.1, 0.15) is 6.29 Å². The largest absolute Gasteiger partial charge is 0.298 e. The Balaban J connectivity index is 3.54. The number of benzene rings is 1. The van der Waals surface area contributed by atoms with Crippen LogP contribution in [0.3, 0.4) is 0 Å². The van der Waals surface area contributed by atoms with Crippen molar-refractivity contribution in [1.29, 1.82) is 5.26 Å². The smallest absolute Gasteiger partial charge is 0.160 e. The Bertz CT molecular complexity index is 455. The molecule has 0 N–H and O–H groups in total. The molecule has 1 rings (SSSR count). The third-order valence-electron chi connectivity index (χ3n) is 2.26. The molecule has 0 atom stereocenters.